The lowest BCUT2D eigenvalue weighted by Crippen LogP contribution is -2.29. The lowest BCUT2D eigenvalue weighted by atomic mass is 10.1. The molecule has 1 aliphatic heterocycles. The Labute approximate surface area is 102 Å². The molecule has 0 unspecified atom stereocenters. The normalized spacial score (nSPS) is 17.6. The molecule has 2 nitrogen and oxygen atoms in total. The lowest BCUT2D eigenvalue weighted by molar-refractivity contribution is 0.221. The zero-order valence-corrected chi connectivity index (χ0v) is 10.3. The second kappa shape index (κ2) is 5.67. The number of hydrogen-bond donors (Lipinski definition) is 1. The molecule has 88 valence electrons. The molecule has 0 atom stereocenters. The molecule has 1 heterocycles. The van der Waals surface area contributed by atoms with Crippen molar-refractivity contribution in [2.45, 2.75) is 32.4 Å². The smallest absolute Gasteiger partial charge is 0.0451 e. The van der Waals surface area contributed by atoms with Gasteiger partial charge in [-0.25, -0.2) is 0 Å². The Bertz CT molecular complexity index is 346. The predicted octanol–water partition coefficient (Wildman–Crippen LogP) is 2.78. The topological polar surface area (TPSA) is 29.3 Å². The summed E-state index contributed by atoms with van der Waals surface area (Å²) in [5.41, 5.74) is 8.02. The quantitative estimate of drug-likeness (QED) is 0.878. The molecule has 0 saturated carbocycles. The van der Waals surface area contributed by atoms with Crippen LogP contribution in [0.1, 0.15) is 30.4 Å². The van der Waals surface area contributed by atoms with Crippen molar-refractivity contribution >= 4 is 11.6 Å². The molecule has 1 saturated heterocycles. The van der Waals surface area contributed by atoms with Gasteiger partial charge in [0.1, 0.15) is 0 Å². The molecule has 0 spiro atoms. The molecule has 0 aromatic heterocycles. The van der Waals surface area contributed by atoms with Crippen LogP contribution in [0, 0.1) is 0 Å². The molecule has 2 rings (SSSR count). The van der Waals surface area contributed by atoms with E-state index in [0.717, 1.165) is 17.1 Å². The van der Waals surface area contributed by atoms with Crippen LogP contribution in [0.2, 0.25) is 5.02 Å². The van der Waals surface area contributed by atoms with E-state index in [4.69, 9.17) is 17.3 Å². The summed E-state index contributed by atoms with van der Waals surface area (Å²) in [5.74, 6) is 0. The molecule has 0 amide bonds. The molecule has 2 N–H and O–H groups in total. The average molecular weight is 239 g/mol. The van der Waals surface area contributed by atoms with Gasteiger partial charge in [-0.3, -0.25) is 4.90 Å². The molecular formula is C13H19ClN2. The van der Waals surface area contributed by atoms with Crippen LogP contribution in [0.15, 0.2) is 18.2 Å². The second-order valence-corrected chi connectivity index (χ2v) is 4.87. The van der Waals surface area contributed by atoms with Crippen molar-refractivity contribution in [1.29, 1.82) is 0 Å². The van der Waals surface area contributed by atoms with Gasteiger partial charge in [0.25, 0.3) is 0 Å². The summed E-state index contributed by atoms with van der Waals surface area (Å²) in [6, 6.07) is 6.10. The van der Waals surface area contributed by atoms with Crippen LogP contribution in [0.25, 0.3) is 0 Å². The van der Waals surface area contributed by atoms with Crippen LogP contribution >= 0.6 is 11.6 Å². The third-order valence-electron chi connectivity index (χ3n) is 3.19. The number of rotatable bonds is 3. The van der Waals surface area contributed by atoms with Crippen molar-refractivity contribution in [2.75, 3.05) is 13.1 Å². The minimum atomic E-state index is 0.587. The van der Waals surface area contributed by atoms with Gasteiger partial charge in [-0.2, -0.15) is 0 Å². The van der Waals surface area contributed by atoms with Gasteiger partial charge in [-0.05, 0) is 43.1 Å². The molecule has 3 heteroatoms. The highest BCUT2D eigenvalue weighted by Gasteiger charge is 2.12. The summed E-state index contributed by atoms with van der Waals surface area (Å²) < 4.78 is 0. The number of nitrogens with two attached hydrogens (primary N) is 1. The molecule has 1 aromatic carbocycles. The fraction of sp³-hybridized carbons (Fsp3) is 0.538. The van der Waals surface area contributed by atoms with Crippen LogP contribution in [-0.4, -0.2) is 18.0 Å². The largest absolute Gasteiger partial charge is 0.326 e. The van der Waals surface area contributed by atoms with Crippen molar-refractivity contribution in [3.05, 3.63) is 34.3 Å². The van der Waals surface area contributed by atoms with E-state index < -0.39 is 0 Å². The van der Waals surface area contributed by atoms with Gasteiger partial charge in [0.15, 0.2) is 0 Å². The summed E-state index contributed by atoms with van der Waals surface area (Å²) >= 11 is 6.20. The van der Waals surface area contributed by atoms with Gasteiger partial charge < -0.3 is 5.73 Å². The maximum atomic E-state index is 6.20. The summed E-state index contributed by atoms with van der Waals surface area (Å²) in [6.07, 6.45) is 4.00. The number of hydrogen-bond acceptors (Lipinski definition) is 2. The van der Waals surface area contributed by atoms with E-state index in [0.29, 0.717) is 6.54 Å². The van der Waals surface area contributed by atoms with Gasteiger partial charge in [0.2, 0.25) is 0 Å². The highest BCUT2D eigenvalue weighted by atomic mass is 35.5. The van der Waals surface area contributed by atoms with Crippen molar-refractivity contribution in [3.8, 4) is 0 Å². The zero-order chi connectivity index (χ0) is 11.4. The van der Waals surface area contributed by atoms with Crippen LogP contribution in [0.5, 0.6) is 0 Å². The fourth-order valence-electron chi connectivity index (χ4n) is 2.23. The Morgan fingerprint density at radius 3 is 2.62 bits per heavy atom. The molecule has 16 heavy (non-hydrogen) atoms. The SMILES string of the molecule is NCc1ccc(Cl)c(CN2CCCCC2)c1. The molecule has 0 bridgehead atoms. The number of benzene rings is 1. The van der Waals surface area contributed by atoms with Gasteiger partial charge in [-0.15, -0.1) is 0 Å². The van der Waals surface area contributed by atoms with Crippen LogP contribution < -0.4 is 5.73 Å². The Kier molecular flexibility index (Phi) is 4.22. The van der Waals surface area contributed by atoms with E-state index in [2.05, 4.69) is 11.0 Å². The summed E-state index contributed by atoms with van der Waals surface area (Å²) in [4.78, 5) is 2.48. The van der Waals surface area contributed by atoms with Crippen LogP contribution in [0.4, 0.5) is 0 Å². The molecule has 0 aliphatic carbocycles. The first kappa shape index (κ1) is 11.9. The Balaban J connectivity index is 2.06. The van der Waals surface area contributed by atoms with Crippen LogP contribution in [-0.2, 0) is 13.1 Å². The highest BCUT2D eigenvalue weighted by Crippen LogP contribution is 2.21. The first-order valence-corrected chi connectivity index (χ1v) is 6.37. The van der Waals surface area contributed by atoms with Gasteiger partial charge in [0.05, 0.1) is 0 Å². The second-order valence-electron chi connectivity index (χ2n) is 4.47. The van der Waals surface area contributed by atoms with Gasteiger partial charge in [0, 0.05) is 18.1 Å². The number of likely N-dealkylation sites (tertiary alicyclic amines) is 1. The molecule has 1 aromatic rings. The van der Waals surface area contributed by atoms with Crippen molar-refractivity contribution in [2.24, 2.45) is 5.73 Å². The Morgan fingerprint density at radius 2 is 1.94 bits per heavy atom. The monoisotopic (exact) mass is 238 g/mol. The van der Waals surface area contributed by atoms with Gasteiger partial charge >= 0.3 is 0 Å². The zero-order valence-electron chi connectivity index (χ0n) is 9.58. The Morgan fingerprint density at radius 1 is 1.19 bits per heavy atom. The third-order valence-corrected chi connectivity index (χ3v) is 3.56. The lowest BCUT2D eigenvalue weighted by Gasteiger charge is -2.26. The average Bonchev–Trinajstić information content (AvgIpc) is 2.33. The van der Waals surface area contributed by atoms with Gasteiger partial charge in [-0.1, -0.05) is 30.2 Å². The standard InChI is InChI=1S/C13H19ClN2/c14-13-5-4-11(9-15)8-12(13)10-16-6-2-1-3-7-16/h4-5,8H,1-3,6-7,9-10,15H2. The summed E-state index contributed by atoms with van der Waals surface area (Å²) in [6.45, 7) is 3.95. The third kappa shape index (κ3) is 2.97. The number of nitrogens with zero attached hydrogens (tertiary/aromatic N) is 1. The van der Waals surface area contributed by atoms with E-state index in [1.165, 1.54) is 37.9 Å². The molecule has 0 radical (unpaired) electrons. The first-order chi connectivity index (χ1) is 7.79. The summed E-state index contributed by atoms with van der Waals surface area (Å²) in [7, 11) is 0. The van der Waals surface area contributed by atoms with Crippen molar-refractivity contribution in [3.63, 3.8) is 0 Å². The van der Waals surface area contributed by atoms with E-state index in [-0.39, 0.29) is 0 Å². The minimum absolute atomic E-state index is 0.587. The van der Waals surface area contributed by atoms with E-state index in [9.17, 15) is 0 Å². The predicted molar refractivity (Wildman–Crippen MR) is 68.5 cm³/mol. The van der Waals surface area contributed by atoms with Crippen molar-refractivity contribution in [1.82, 2.24) is 4.90 Å². The fourth-order valence-corrected chi connectivity index (χ4v) is 2.41. The minimum Gasteiger partial charge on any atom is -0.326 e. The maximum absolute atomic E-state index is 6.20. The first-order valence-electron chi connectivity index (χ1n) is 5.99. The number of halogens is 1. The highest BCUT2D eigenvalue weighted by molar-refractivity contribution is 6.31. The van der Waals surface area contributed by atoms with E-state index in [1.807, 2.05) is 12.1 Å². The van der Waals surface area contributed by atoms with E-state index in [1.54, 1.807) is 0 Å². The molecule has 1 aliphatic rings. The van der Waals surface area contributed by atoms with E-state index >= 15 is 0 Å². The number of piperidine rings is 1. The van der Waals surface area contributed by atoms with Crippen molar-refractivity contribution < 1.29 is 0 Å². The molecule has 1 fully saturated rings. The summed E-state index contributed by atoms with van der Waals surface area (Å²) in [5, 5.41) is 0.864. The molecular weight excluding hydrogens is 220 g/mol. The van der Waals surface area contributed by atoms with Crippen LogP contribution in [0.3, 0.4) is 0 Å². The maximum Gasteiger partial charge on any atom is 0.0451 e. The Hall–Kier alpha value is -0.570.